The summed E-state index contributed by atoms with van der Waals surface area (Å²) in [7, 11) is 0. The molecule has 0 aliphatic rings. The van der Waals surface area contributed by atoms with Crippen molar-refractivity contribution in [2.24, 2.45) is 5.92 Å². The molecule has 82 valence electrons. The molecular weight excluding hydrogens is 214 g/mol. The average molecular weight is 228 g/mol. The quantitative estimate of drug-likeness (QED) is 0.780. The fourth-order valence-electron chi connectivity index (χ4n) is 1.18. The van der Waals surface area contributed by atoms with Gasteiger partial charge in [0.15, 0.2) is 0 Å². The summed E-state index contributed by atoms with van der Waals surface area (Å²) < 4.78 is 0. The van der Waals surface area contributed by atoms with Crippen LogP contribution in [0.4, 0.5) is 5.69 Å². The lowest BCUT2D eigenvalue weighted by atomic mass is 10.1. The summed E-state index contributed by atoms with van der Waals surface area (Å²) in [5.41, 5.74) is 0.528. The highest BCUT2D eigenvalue weighted by Crippen LogP contribution is 2.26. The smallest absolute Gasteiger partial charge is 0.224 e. The van der Waals surface area contributed by atoms with Crippen LogP contribution < -0.4 is 5.32 Å². The van der Waals surface area contributed by atoms with Gasteiger partial charge >= 0.3 is 0 Å². The summed E-state index contributed by atoms with van der Waals surface area (Å²) in [6, 6.07) is 4.46. The zero-order valence-corrected chi connectivity index (χ0v) is 9.51. The molecule has 0 saturated carbocycles. The summed E-state index contributed by atoms with van der Waals surface area (Å²) in [4.78, 5) is 11.4. The van der Waals surface area contributed by atoms with Crippen LogP contribution in [0.3, 0.4) is 0 Å². The maximum absolute atomic E-state index is 11.4. The van der Waals surface area contributed by atoms with Crippen LogP contribution in [0.5, 0.6) is 5.75 Å². The third kappa shape index (κ3) is 3.80. The summed E-state index contributed by atoms with van der Waals surface area (Å²) in [6.45, 7) is 3.94. The number of carbonyl (C=O) groups is 1. The van der Waals surface area contributed by atoms with Crippen LogP contribution in [-0.4, -0.2) is 11.0 Å². The normalized spacial score (nSPS) is 10.4. The first-order chi connectivity index (χ1) is 6.99. The SMILES string of the molecule is CC(C)CC(=O)Nc1ccc(O)cc1Cl. The van der Waals surface area contributed by atoms with Gasteiger partial charge in [0.2, 0.25) is 5.91 Å². The fraction of sp³-hybridized carbons (Fsp3) is 0.364. The standard InChI is InChI=1S/C11H14ClNO2/c1-7(2)5-11(15)13-10-4-3-8(14)6-9(10)12/h3-4,6-7,14H,5H2,1-2H3,(H,13,15). The van der Waals surface area contributed by atoms with Crippen molar-refractivity contribution >= 4 is 23.2 Å². The Balaban J connectivity index is 2.68. The molecule has 1 aromatic carbocycles. The molecule has 0 spiro atoms. The van der Waals surface area contributed by atoms with E-state index in [1.54, 1.807) is 6.07 Å². The molecule has 0 bridgehead atoms. The molecule has 2 N–H and O–H groups in total. The molecule has 0 radical (unpaired) electrons. The summed E-state index contributed by atoms with van der Waals surface area (Å²) in [5.74, 6) is 0.320. The maximum Gasteiger partial charge on any atom is 0.224 e. The molecule has 1 amide bonds. The highest BCUT2D eigenvalue weighted by atomic mass is 35.5. The minimum Gasteiger partial charge on any atom is -0.508 e. The van der Waals surface area contributed by atoms with Crippen molar-refractivity contribution in [2.75, 3.05) is 5.32 Å². The molecule has 0 heterocycles. The number of nitrogens with one attached hydrogen (secondary N) is 1. The van der Waals surface area contributed by atoms with Gasteiger partial charge in [-0.15, -0.1) is 0 Å². The van der Waals surface area contributed by atoms with Crippen molar-refractivity contribution in [1.29, 1.82) is 0 Å². The van der Waals surface area contributed by atoms with Gasteiger partial charge in [0.05, 0.1) is 10.7 Å². The Bertz CT molecular complexity index is 364. The summed E-state index contributed by atoms with van der Waals surface area (Å²) in [6.07, 6.45) is 0.456. The first-order valence-electron chi connectivity index (χ1n) is 4.77. The molecule has 0 aliphatic heterocycles. The lowest BCUT2D eigenvalue weighted by Crippen LogP contribution is -2.13. The number of phenolic OH excluding ortho intramolecular Hbond substituents is 1. The molecule has 1 aromatic rings. The number of hydrogen-bond acceptors (Lipinski definition) is 2. The Morgan fingerprint density at radius 1 is 1.53 bits per heavy atom. The second-order valence-electron chi connectivity index (χ2n) is 3.81. The minimum absolute atomic E-state index is 0.0717. The number of hydrogen-bond donors (Lipinski definition) is 2. The monoisotopic (exact) mass is 227 g/mol. The Kier molecular flexibility index (Phi) is 3.97. The van der Waals surface area contributed by atoms with E-state index in [0.29, 0.717) is 23.0 Å². The van der Waals surface area contributed by atoms with Gasteiger partial charge in [-0.25, -0.2) is 0 Å². The molecule has 0 unspecified atom stereocenters. The predicted molar refractivity (Wildman–Crippen MR) is 61.2 cm³/mol. The van der Waals surface area contributed by atoms with E-state index in [2.05, 4.69) is 5.32 Å². The van der Waals surface area contributed by atoms with Crippen molar-refractivity contribution < 1.29 is 9.90 Å². The number of carbonyl (C=O) groups excluding carboxylic acids is 1. The number of halogens is 1. The van der Waals surface area contributed by atoms with E-state index in [9.17, 15) is 4.79 Å². The van der Waals surface area contributed by atoms with E-state index in [-0.39, 0.29) is 11.7 Å². The second-order valence-corrected chi connectivity index (χ2v) is 4.22. The number of aromatic hydroxyl groups is 1. The van der Waals surface area contributed by atoms with Crippen LogP contribution in [-0.2, 0) is 4.79 Å². The Labute approximate surface area is 94.1 Å². The highest BCUT2D eigenvalue weighted by molar-refractivity contribution is 6.33. The maximum atomic E-state index is 11.4. The molecule has 0 saturated heterocycles. The van der Waals surface area contributed by atoms with Gasteiger partial charge in [-0.3, -0.25) is 4.79 Å². The zero-order valence-electron chi connectivity index (χ0n) is 8.75. The number of amides is 1. The van der Waals surface area contributed by atoms with Gasteiger partial charge in [-0.2, -0.15) is 0 Å². The van der Waals surface area contributed by atoms with Crippen molar-refractivity contribution in [3.8, 4) is 5.75 Å². The van der Waals surface area contributed by atoms with Gasteiger partial charge < -0.3 is 10.4 Å². The molecule has 1 rings (SSSR count). The van der Waals surface area contributed by atoms with E-state index in [1.807, 2.05) is 13.8 Å². The van der Waals surface area contributed by atoms with E-state index < -0.39 is 0 Å². The largest absolute Gasteiger partial charge is 0.508 e. The van der Waals surface area contributed by atoms with E-state index >= 15 is 0 Å². The van der Waals surface area contributed by atoms with Crippen LogP contribution in [0, 0.1) is 5.92 Å². The third-order valence-corrected chi connectivity index (χ3v) is 2.13. The number of phenols is 1. The Morgan fingerprint density at radius 3 is 2.73 bits per heavy atom. The lowest BCUT2D eigenvalue weighted by Gasteiger charge is -2.08. The molecule has 4 heteroatoms. The number of rotatable bonds is 3. The van der Waals surface area contributed by atoms with Crippen molar-refractivity contribution in [2.45, 2.75) is 20.3 Å². The summed E-state index contributed by atoms with van der Waals surface area (Å²) in [5, 5.41) is 12.1. The van der Waals surface area contributed by atoms with Crippen molar-refractivity contribution in [3.05, 3.63) is 23.2 Å². The molecule has 0 fully saturated rings. The number of benzene rings is 1. The predicted octanol–water partition coefficient (Wildman–Crippen LogP) is 3.03. The van der Waals surface area contributed by atoms with Crippen LogP contribution in [0.1, 0.15) is 20.3 Å². The van der Waals surface area contributed by atoms with Gasteiger partial charge in [0.25, 0.3) is 0 Å². The molecule has 0 aromatic heterocycles. The zero-order chi connectivity index (χ0) is 11.4. The van der Waals surface area contributed by atoms with Crippen molar-refractivity contribution in [1.82, 2.24) is 0 Å². The van der Waals surface area contributed by atoms with Crippen LogP contribution in [0.25, 0.3) is 0 Å². The number of anilines is 1. The third-order valence-electron chi connectivity index (χ3n) is 1.82. The average Bonchev–Trinajstić information content (AvgIpc) is 2.08. The Morgan fingerprint density at radius 2 is 2.20 bits per heavy atom. The first-order valence-corrected chi connectivity index (χ1v) is 5.15. The molecule has 3 nitrogen and oxygen atoms in total. The van der Waals surface area contributed by atoms with E-state index in [0.717, 1.165) is 0 Å². The highest BCUT2D eigenvalue weighted by Gasteiger charge is 2.07. The van der Waals surface area contributed by atoms with Gasteiger partial charge in [0, 0.05) is 12.5 Å². The fourth-order valence-corrected chi connectivity index (χ4v) is 1.40. The van der Waals surface area contributed by atoms with Gasteiger partial charge in [0.1, 0.15) is 5.75 Å². The lowest BCUT2D eigenvalue weighted by molar-refractivity contribution is -0.116. The van der Waals surface area contributed by atoms with Crippen molar-refractivity contribution in [3.63, 3.8) is 0 Å². The molecule has 0 atom stereocenters. The van der Waals surface area contributed by atoms with Gasteiger partial charge in [-0.05, 0) is 18.1 Å². The topological polar surface area (TPSA) is 49.3 Å². The van der Waals surface area contributed by atoms with E-state index in [1.165, 1.54) is 12.1 Å². The van der Waals surface area contributed by atoms with Crippen LogP contribution in [0.15, 0.2) is 18.2 Å². The van der Waals surface area contributed by atoms with Crippen LogP contribution >= 0.6 is 11.6 Å². The molecule has 0 aliphatic carbocycles. The molecular formula is C11H14ClNO2. The minimum atomic E-state index is -0.0717. The van der Waals surface area contributed by atoms with Crippen LogP contribution in [0.2, 0.25) is 5.02 Å². The second kappa shape index (κ2) is 5.03. The molecule has 15 heavy (non-hydrogen) atoms. The van der Waals surface area contributed by atoms with E-state index in [4.69, 9.17) is 16.7 Å². The van der Waals surface area contributed by atoms with Gasteiger partial charge in [-0.1, -0.05) is 25.4 Å². The summed E-state index contributed by atoms with van der Waals surface area (Å²) >= 11 is 5.84. The first kappa shape index (κ1) is 11.9. The Hall–Kier alpha value is -1.22.